The Morgan fingerprint density at radius 2 is 1.90 bits per heavy atom. The largest absolute Gasteiger partial charge is 0.396 e. The zero-order valence-electron chi connectivity index (χ0n) is 15.0. The van der Waals surface area contributed by atoms with E-state index in [1.54, 1.807) is 0 Å². The highest BCUT2D eigenvalue weighted by Crippen LogP contribution is 2.29. The van der Waals surface area contributed by atoms with E-state index in [1.807, 2.05) is 0 Å². The number of halogens is 2. The van der Waals surface area contributed by atoms with Crippen LogP contribution in [0.2, 0.25) is 0 Å². The number of aliphatic hydroxyl groups excluding tert-OH is 1. The fourth-order valence-corrected chi connectivity index (χ4v) is 3.29. The molecule has 1 aromatic carbocycles. The van der Waals surface area contributed by atoms with Gasteiger partial charge in [-0.05, 0) is 24.6 Å². The molecular formula is C19H16F2N4O3S. The normalized spacial score (nSPS) is 10.6. The van der Waals surface area contributed by atoms with E-state index in [0.29, 0.717) is 6.42 Å². The van der Waals surface area contributed by atoms with Gasteiger partial charge in [-0.2, -0.15) is 0 Å². The van der Waals surface area contributed by atoms with Gasteiger partial charge in [-0.25, -0.2) is 13.8 Å². The highest BCUT2D eigenvalue weighted by atomic mass is 32.1. The molecule has 3 aromatic rings. The third-order valence-corrected chi connectivity index (χ3v) is 4.71. The first-order valence-electron chi connectivity index (χ1n) is 8.55. The number of aromatic nitrogens is 2. The van der Waals surface area contributed by atoms with Crippen molar-refractivity contribution in [2.75, 3.05) is 18.5 Å². The number of hydrogen-bond acceptors (Lipinski definition) is 6. The van der Waals surface area contributed by atoms with Crippen molar-refractivity contribution >= 4 is 28.8 Å². The van der Waals surface area contributed by atoms with E-state index in [9.17, 15) is 18.4 Å². The highest BCUT2D eigenvalue weighted by molar-refractivity contribution is 7.13. The van der Waals surface area contributed by atoms with Crippen LogP contribution in [-0.4, -0.2) is 40.0 Å². The van der Waals surface area contributed by atoms with Gasteiger partial charge in [-0.15, -0.1) is 11.3 Å². The summed E-state index contributed by atoms with van der Waals surface area (Å²) in [4.78, 5) is 32.7. The Bertz CT molecular complexity index is 1020. The van der Waals surface area contributed by atoms with Crippen molar-refractivity contribution in [3.8, 4) is 10.6 Å². The van der Waals surface area contributed by atoms with Crippen molar-refractivity contribution in [1.82, 2.24) is 15.3 Å². The fraction of sp³-hybridized carbons (Fsp3) is 0.158. The number of nitrogens with zero attached hydrogens (tertiary/aromatic N) is 2. The average molecular weight is 418 g/mol. The van der Waals surface area contributed by atoms with E-state index in [4.69, 9.17) is 5.11 Å². The molecule has 0 bridgehead atoms. The number of hydrogen-bond donors (Lipinski definition) is 3. The number of pyridine rings is 1. The molecule has 0 saturated heterocycles. The predicted octanol–water partition coefficient (Wildman–Crippen LogP) is 2.85. The maximum Gasteiger partial charge on any atom is 0.275 e. The third kappa shape index (κ3) is 4.79. The molecule has 150 valence electrons. The van der Waals surface area contributed by atoms with Crippen LogP contribution in [-0.2, 0) is 0 Å². The Hall–Kier alpha value is -3.24. The molecule has 0 saturated carbocycles. The van der Waals surface area contributed by atoms with Gasteiger partial charge in [0.2, 0.25) is 0 Å². The number of aliphatic hydroxyl groups is 1. The Morgan fingerprint density at radius 3 is 2.62 bits per heavy atom. The molecule has 0 spiro atoms. The minimum absolute atomic E-state index is 0.0300. The fourth-order valence-electron chi connectivity index (χ4n) is 2.44. The van der Waals surface area contributed by atoms with Crippen molar-refractivity contribution in [3.63, 3.8) is 0 Å². The van der Waals surface area contributed by atoms with Crippen LogP contribution < -0.4 is 10.6 Å². The number of rotatable bonds is 7. The summed E-state index contributed by atoms with van der Waals surface area (Å²) in [6.45, 7) is 0.201. The second-order valence-corrected chi connectivity index (χ2v) is 6.70. The van der Waals surface area contributed by atoms with Crippen molar-refractivity contribution in [3.05, 3.63) is 64.9 Å². The molecule has 0 radical (unpaired) electrons. The summed E-state index contributed by atoms with van der Waals surface area (Å²) in [5, 5.41) is 15.4. The van der Waals surface area contributed by atoms with Crippen LogP contribution >= 0.6 is 11.3 Å². The minimum atomic E-state index is -0.776. The second kappa shape index (κ2) is 9.30. The molecule has 2 heterocycles. The maximum atomic E-state index is 13.9. The Morgan fingerprint density at radius 1 is 1.14 bits per heavy atom. The van der Waals surface area contributed by atoms with Crippen LogP contribution in [0.25, 0.3) is 10.6 Å². The lowest BCUT2D eigenvalue weighted by Crippen LogP contribution is -2.26. The summed E-state index contributed by atoms with van der Waals surface area (Å²) in [5.41, 5.74) is -0.00646. The first-order valence-corrected chi connectivity index (χ1v) is 9.43. The van der Waals surface area contributed by atoms with Crippen LogP contribution in [0, 0.1) is 11.6 Å². The molecule has 0 fully saturated rings. The third-order valence-electron chi connectivity index (χ3n) is 3.85. The molecule has 2 amide bonds. The quantitative estimate of drug-likeness (QED) is 0.512. The van der Waals surface area contributed by atoms with Crippen LogP contribution in [0.1, 0.15) is 27.3 Å². The number of amides is 2. The lowest BCUT2D eigenvalue weighted by molar-refractivity contribution is 0.0951. The van der Waals surface area contributed by atoms with Crippen molar-refractivity contribution in [2.24, 2.45) is 0 Å². The molecule has 10 heteroatoms. The van der Waals surface area contributed by atoms with E-state index in [-0.39, 0.29) is 40.7 Å². The summed E-state index contributed by atoms with van der Waals surface area (Å²) in [5.74, 6) is -2.65. The first-order chi connectivity index (χ1) is 14.0. The van der Waals surface area contributed by atoms with Gasteiger partial charge in [-0.3, -0.25) is 14.6 Å². The number of carbonyl (C=O) groups is 2. The number of carbonyl (C=O) groups excluding carboxylic acids is 2. The van der Waals surface area contributed by atoms with Crippen LogP contribution in [0.5, 0.6) is 0 Å². The van der Waals surface area contributed by atoms with E-state index < -0.39 is 23.4 Å². The molecule has 0 aliphatic heterocycles. The second-order valence-electron chi connectivity index (χ2n) is 5.84. The van der Waals surface area contributed by atoms with Gasteiger partial charge in [-0.1, -0.05) is 6.07 Å². The van der Waals surface area contributed by atoms with Crippen LogP contribution in [0.15, 0.2) is 42.0 Å². The average Bonchev–Trinajstić information content (AvgIpc) is 3.18. The maximum absolute atomic E-state index is 13.9. The highest BCUT2D eigenvalue weighted by Gasteiger charge is 2.19. The van der Waals surface area contributed by atoms with Gasteiger partial charge in [0.15, 0.2) is 0 Å². The van der Waals surface area contributed by atoms with Gasteiger partial charge in [0.25, 0.3) is 11.8 Å². The number of thiazole rings is 1. The summed E-state index contributed by atoms with van der Waals surface area (Å²) in [7, 11) is 0. The van der Waals surface area contributed by atoms with Crippen LogP contribution in [0.4, 0.5) is 14.5 Å². The van der Waals surface area contributed by atoms with Gasteiger partial charge in [0, 0.05) is 30.9 Å². The summed E-state index contributed by atoms with van der Waals surface area (Å²) < 4.78 is 27.8. The molecule has 2 aromatic heterocycles. The van der Waals surface area contributed by atoms with Gasteiger partial charge in [0.1, 0.15) is 22.3 Å². The van der Waals surface area contributed by atoms with E-state index in [0.717, 1.165) is 23.5 Å². The zero-order valence-corrected chi connectivity index (χ0v) is 15.8. The number of benzene rings is 1. The van der Waals surface area contributed by atoms with E-state index in [2.05, 4.69) is 20.6 Å². The Balaban J connectivity index is 1.78. The van der Waals surface area contributed by atoms with Gasteiger partial charge < -0.3 is 15.7 Å². The molecule has 7 nitrogen and oxygen atoms in total. The summed E-state index contributed by atoms with van der Waals surface area (Å²) in [6, 6.07) is 4.91. The minimum Gasteiger partial charge on any atom is -0.396 e. The topological polar surface area (TPSA) is 104 Å². The molecular weight excluding hydrogens is 402 g/mol. The molecule has 0 aliphatic rings. The Kier molecular flexibility index (Phi) is 6.57. The molecule has 3 N–H and O–H groups in total. The predicted molar refractivity (Wildman–Crippen MR) is 104 cm³/mol. The van der Waals surface area contributed by atoms with E-state index >= 15 is 0 Å². The zero-order chi connectivity index (χ0) is 20.8. The summed E-state index contributed by atoms with van der Waals surface area (Å²) >= 11 is 0.927. The lowest BCUT2D eigenvalue weighted by atomic mass is 10.2. The van der Waals surface area contributed by atoms with Crippen molar-refractivity contribution in [1.29, 1.82) is 0 Å². The first kappa shape index (κ1) is 20.5. The van der Waals surface area contributed by atoms with Crippen molar-refractivity contribution in [2.45, 2.75) is 6.42 Å². The van der Waals surface area contributed by atoms with Gasteiger partial charge >= 0.3 is 0 Å². The molecule has 0 aliphatic carbocycles. The Labute approximate surface area is 168 Å². The molecule has 0 unspecified atom stereocenters. The lowest BCUT2D eigenvalue weighted by Gasteiger charge is -2.10. The monoisotopic (exact) mass is 418 g/mol. The smallest absolute Gasteiger partial charge is 0.275 e. The van der Waals surface area contributed by atoms with Gasteiger partial charge in [0.05, 0.1) is 16.8 Å². The number of nitrogens with one attached hydrogen (secondary N) is 2. The molecule has 29 heavy (non-hydrogen) atoms. The van der Waals surface area contributed by atoms with E-state index in [1.165, 1.54) is 29.9 Å². The summed E-state index contributed by atoms with van der Waals surface area (Å²) in [6.07, 6.45) is 3.09. The van der Waals surface area contributed by atoms with Crippen LogP contribution in [0.3, 0.4) is 0 Å². The standard InChI is InChI=1S/C19H16F2N4O3S/c20-12-3-1-4-13(21)16(12)19-25-15(10-29-19)18(28)24-14-5-7-22-9-11(14)17(27)23-6-2-8-26/h1,3-5,7,9-10,26H,2,6,8H2,(H,23,27)(H,22,24,28). The molecule has 3 rings (SSSR count). The number of anilines is 1. The van der Waals surface area contributed by atoms with Crippen molar-refractivity contribution < 1.29 is 23.5 Å². The molecule has 0 atom stereocenters. The SMILES string of the molecule is O=C(Nc1ccncc1C(=O)NCCCO)c1csc(-c2c(F)cccc2F)n1.